The maximum absolute atomic E-state index is 12.7. The summed E-state index contributed by atoms with van der Waals surface area (Å²) in [5, 5.41) is 0.737. The van der Waals surface area contributed by atoms with E-state index in [2.05, 4.69) is 0 Å². The smallest absolute Gasteiger partial charge is 0.344 e. The molecule has 0 saturated carbocycles. The Labute approximate surface area is 180 Å². The molecule has 7 nitrogen and oxygen atoms in total. The summed E-state index contributed by atoms with van der Waals surface area (Å²) >= 11 is 0. The second-order valence-electron chi connectivity index (χ2n) is 8.04. The van der Waals surface area contributed by atoms with Crippen molar-refractivity contribution in [1.29, 1.82) is 0 Å². The van der Waals surface area contributed by atoms with Crippen LogP contribution in [0.1, 0.15) is 26.3 Å². The number of ether oxygens (including phenoxy) is 2. The number of hydrogen-bond acceptors (Lipinski definition) is 6. The van der Waals surface area contributed by atoms with Crippen LogP contribution in [0.25, 0.3) is 11.0 Å². The Balaban J connectivity index is 1.55. The molecule has 3 aromatic rings. The van der Waals surface area contributed by atoms with Crippen LogP contribution < -0.4 is 10.4 Å². The summed E-state index contributed by atoms with van der Waals surface area (Å²) in [6.07, 6.45) is 0. The lowest BCUT2D eigenvalue weighted by atomic mass is 10.0. The number of carbonyl (C=O) groups is 2. The molecule has 1 aromatic heterocycles. The van der Waals surface area contributed by atoms with Crippen molar-refractivity contribution in [2.45, 2.75) is 32.9 Å². The fourth-order valence-electron chi connectivity index (χ4n) is 3.00. The molecule has 1 heterocycles. The van der Waals surface area contributed by atoms with Crippen LogP contribution in [0.5, 0.6) is 5.75 Å². The Morgan fingerprint density at radius 2 is 1.68 bits per heavy atom. The quantitative estimate of drug-likeness (QED) is 0.427. The molecule has 7 heteroatoms. The van der Waals surface area contributed by atoms with Crippen LogP contribution in [0.3, 0.4) is 0 Å². The van der Waals surface area contributed by atoms with E-state index in [1.54, 1.807) is 23.1 Å². The lowest BCUT2D eigenvalue weighted by Gasteiger charge is -2.35. The summed E-state index contributed by atoms with van der Waals surface area (Å²) < 4.78 is 15.6. The van der Waals surface area contributed by atoms with E-state index in [0.29, 0.717) is 17.9 Å². The first-order chi connectivity index (χ1) is 14.7. The fourth-order valence-corrected chi connectivity index (χ4v) is 3.00. The molecule has 0 N–H and O–H groups in total. The third-order valence-electron chi connectivity index (χ3n) is 4.60. The summed E-state index contributed by atoms with van der Waals surface area (Å²) in [6, 6.07) is 17.5. The third-order valence-corrected chi connectivity index (χ3v) is 4.60. The van der Waals surface area contributed by atoms with Gasteiger partial charge in [0.1, 0.15) is 11.3 Å². The highest BCUT2D eigenvalue weighted by atomic mass is 16.6. The van der Waals surface area contributed by atoms with Crippen LogP contribution in [0, 0.1) is 0 Å². The monoisotopic (exact) mass is 423 g/mol. The van der Waals surface area contributed by atoms with Gasteiger partial charge in [-0.3, -0.25) is 4.79 Å². The minimum Gasteiger partial charge on any atom is -0.482 e. The van der Waals surface area contributed by atoms with Gasteiger partial charge in [0.05, 0.1) is 0 Å². The molecule has 0 saturated heterocycles. The number of rotatable bonds is 7. The highest BCUT2D eigenvalue weighted by molar-refractivity contribution is 5.82. The van der Waals surface area contributed by atoms with E-state index in [9.17, 15) is 14.4 Å². The number of carbonyl (C=O) groups excluding carboxylic acids is 2. The molecule has 0 aliphatic rings. The predicted molar refractivity (Wildman–Crippen MR) is 116 cm³/mol. The second kappa shape index (κ2) is 9.47. The fraction of sp³-hybridized carbons (Fsp3) is 0.292. The third kappa shape index (κ3) is 6.18. The van der Waals surface area contributed by atoms with Gasteiger partial charge in [-0.25, -0.2) is 9.59 Å². The van der Waals surface area contributed by atoms with Gasteiger partial charge >= 0.3 is 11.6 Å². The van der Waals surface area contributed by atoms with Gasteiger partial charge in [0, 0.05) is 29.6 Å². The van der Waals surface area contributed by atoms with Gasteiger partial charge in [0.2, 0.25) is 0 Å². The Bertz CT molecular complexity index is 1110. The number of fused-ring (bicyclic) bond motifs is 1. The van der Waals surface area contributed by atoms with Gasteiger partial charge in [-0.1, -0.05) is 30.3 Å². The van der Waals surface area contributed by atoms with E-state index in [1.165, 1.54) is 12.1 Å². The topological polar surface area (TPSA) is 86.0 Å². The first kappa shape index (κ1) is 22.1. The summed E-state index contributed by atoms with van der Waals surface area (Å²) in [7, 11) is 0. The Hall–Kier alpha value is -3.61. The van der Waals surface area contributed by atoms with Crippen LogP contribution in [-0.4, -0.2) is 35.5 Å². The average molecular weight is 423 g/mol. The van der Waals surface area contributed by atoms with Crippen molar-refractivity contribution in [3.8, 4) is 5.75 Å². The molecule has 31 heavy (non-hydrogen) atoms. The molecule has 162 valence electrons. The van der Waals surface area contributed by atoms with E-state index < -0.39 is 17.1 Å². The van der Waals surface area contributed by atoms with Crippen molar-refractivity contribution < 1.29 is 23.5 Å². The minimum absolute atomic E-state index is 0.294. The zero-order valence-electron chi connectivity index (χ0n) is 17.8. The van der Waals surface area contributed by atoms with Crippen molar-refractivity contribution in [3.05, 3.63) is 76.6 Å². The molecule has 0 spiro atoms. The highest BCUT2D eigenvalue weighted by Gasteiger charge is 2.27. The van der Waals surface area contributed by atoms with Crippen LogP contribution >= 0.6 is 0 Å². The van der Waals surface area contributed by atoms with Crippen molar-refractivity contribution >= 4 is 22.8 Å². The van der Waals surface area contributed by atoms with E-state index in [-0.39, 0.29) is 19.1 Å². The van der Waals surface area contributed by atoms with Crippen LogP contribution in [0.15, 0.2) is 69.9 Å². The zero-order chi connectivity index (χ0) is 22.4. The molecule has 1 amide bonds. The lowest BCUT2D eigenvalue weighted by Crippen LogP contribution is -2.47. The predicted octanol–water partition coefficient (Wildman–Crippen LogP) is 3.54. The van der Waals surface area contributed by atoms with E-state index in [0.717, 1.165) is 10.9 Å². The normalized spacial score (nSPS) is 11.2. The zero-order valence-corrected chi connectivity index (χ0v) is 17.8. The molecule has 3 rings (SSSR count). The van der Waals surface area contributed by atoms with Crippen molar-refractivity contribution in [2.24, 2.45) is 0 Å². The number of amides is 1. The van der Waals surface area contributed by atoms with E-state index in [4.69, 9.17) is 13.9 Å². The van der Waals surface area contributed by atoms with Crippen LogP contribution in [0.4, 0.5) is 0 Å². The molecule has 0 aliphatic carbocycles. The van der Waals surface area contributed by atoms with Crippen LogP contribution in [-0.2, 0) is 20.9 Å². The summed E-state index contributed by atoms with van der Waals surface area (Å²) in [6.45, 7) is 5.45. The van der Waals surface area contributed by atoms with Gasteiger partial charge in [0.15, 0.2) is 13.2 Å². The van der Waals surface area contributed by atoms with Gasteiger partial charge < -0.3 is 18.8 Å². The summed E-state index contributed by atoms with van der Waals surface area (Å²) in [5.41, 5.74) is 0.435. The van der Waals surface area contributed by atoms with Crippen molar-refractivity contribution in [3.63, 3.8) is 0 Å². The molecule has 0 radical (unpaired) electrons. The molecule has 0 unspecified atom stereocenters. The van der Waals surface area contributed by atoms with E-state index >= 15 is 0 Å². The minimum atomic E-state index is -0.670. The Morgan fingerprint density at radius 1 is 0.968 bits per heavy atom. The largest absolute Gasteiger partial charge is 0.482 e. The number of benzene rings is 2. The number of hydrogen-bond donors (Lipinski definition) is 0. The molecule has 0 atom stereocenters. The molecular formula is C24H25NO6. The van der Waals surface area contributed by atoms with Gasteiger partial charge in [-0.05, 0) is 44.5 Å². The maximum Gasteiger partial charge on any atom is 0.344 e. The van der Waals surface area contributed by atoms with Crippen LogP contribution in [0.2, 0.25) is 0 Å². The van der Waals surface area contributed by atoms with Crippen molar-refractivity contribution in [1.82, 2.24) is 4.90 Å². The molecule has 0 bridgehead atoms. The Kier molecular flexibility index (Phi) is 6.74. The summed E-state index contributed by atoms with van der Waals surface area (Å²) in [4.78, 5) is 37.8. The average Bonchev–Trinajstić information content (AvgIpc) is 2.74. The molecule has 2 aromatic carbocycles. The molecular weight excluding hydrogens is 398 g/mol. The number of esters is 1. The molecule has 0 aliphatic heterocycles. The standard InChI is InChI=1S/C24H25NO6/c1-24(2,3)25(14-17-7-5-4-6-8-17)21(26)15-30-23(28)16-29-19-11-9-18-10-12-22(27)31-20(18)13-19/h4-13H,14-16H2,1-3H3. The first-order valence-electron chi connectivity index (χ1n) is 9.89. The molecule has 0 fully saturated rings. The van der Waals surface area contributed by atoms with Crippen molar-refractivity contribution in [2.75, 3.05) is 13.2 Å². The maximum atomic E-state index is 12.7. The van der Waals surface area contributed by atoms with Gasteiger partial charge in [-0.15, -0.1) is 0 Å². The Morgan fingerprint density at radius 3 is 2.39 bits per heavy atom. The summed E-state index contributed by atoms with van der Waals surface area (Å²) in [5.74, 6) is -0.612. The highest BCUT2D eigenvalue weighted by Crippen LogP contribution is 2.20. The first-order valence-corrected chi connectivity index (χ1v) is 9.89. The number of nitrogens with zero attached hydrogens (tertiary/aromatic N) is 1. The van der Waals surface area contributed by atoms with Gasteiger partial charge in [0.25, 0.3) is 5.91 Å². The lowest BCUT2D eigenvalue weighted by molar-refractivity contribution is -0.156. The van der Waals surface area contributed by atoms with E-state index in [1.807, 2.05) is 51.1 Å². The van der Waals surface area contributed by atoms with Gasteiger partial charge in [-0.2, -0.15) is 0 Å². The second-order valence-corrected chi connectivity index (χ2v) is 8.04. The SMILES string of the molecule is CC(C)(C)N(Cc1ccccc1)C(=O)COC(=O)COc1ccc2ccc(=O)oc2c1.